The molecule has 2 nitrogen and oxygen atoms in total. The molecule has 0 aliphatic heterocycles. The number of rotatable bonds is 2. The van der Waals surface area contributed by atoms with Crippen LogP contribution in [0.5, 0.6) is 5.75 Å². The van der Waals surface area contributed by atoms with Crippen molar-refractivity contribution in [1.82, 2.24) is 0 Å². The molecule has 0 saturated carbocycles. The highest BCUT2D eigenvalue weighted by Crippen LogP contribution is 2.28. The highest BCUT2D eigenvalue weighted by atomic mass is 19.3. The van der Waals surface area contributed by atoms with Crippen molar-refractivity contribution < 1.29 is 23.1 Å². The van der Waals surface area contributed by atoms with Crippen LogP contribution < -0.4 is 0 Å². The maximum absolute atomic E-state index is 12.9. The molecule has 0 aliphatic carbocycles. The van der Waals surface area contributed by atoms with E-state index in [9.17, 15) is 18.0 Å². The van der Waals surface area contributed by atoms with Gasteiger partial charge in [0.15, 0.2) is 5.78 Å². The zero-order valence-corrected chi connectivity index (χ0v) is 7.22. The van der Waals surface area contributed by atoms with Crippen LogP contribution in [0.3, 0.4) is 0 Å². The molecule has 0 saturated heterocycles. The van der Waals surface area contributed by atoms with E-state index in [1.54, 1.807) is 0 Å². The lowest BCUT2D eigenvalue weighted by molar-refractivity contribution is 0.101. The Morgan fingerprint density at radius 1 is 1.43 bits per heavy atom. The van der Waals surface area contributed by atoms with Crippen molar-refractivity contribution >= 4 is 5.78 Å². The molecule has 0 amide bonds. The summed E-state index contributed by atoms with van der Waals surface area (Å²) in [6.45, 7) is 1.11. The number of hydrogen-bond acceptors (Lipinski definition) is 2. The van der Waals surface area contributed by atoms with Gasteiger partial charge in [-0.25, -0.2) is 13.2 Å². The van der Waals surface area contributed by atoms with Crippen LogP contribution in [0.1, 0.15) is 29.3 Å². The number of ketones is 1. The second kappa shape index (κ2) is 3.69. The number of alkyl halides is 2. The number of carbonyl (C=O) groups is 1. The molecule has 0 bridgehead atoms. The summed E-state index contributed by atoms with van der Waals surface area (Å²) in [7, 11) is 0. The first-order valence-electron chi connectivity index (χ1n) is 3.75. The van der Waals surface area contributed by atoms with Crippen molar-refractivity contribution in [3.63, 3.8) is 0 Å². The lowest BCUT2D eigenvalue weighted by atomic mass is 10.1. The standard InChI is InChI=1S/C9H7F3O2/c1-4(13)5-2-7(10)6(9(11)12)3-8(5)14/h2-3,9,14H,1H3. The SMILES string of the molecule is CC(=O)c1cc(F)c(C(F)F)cc1O. The first-order chi connectivity index (χ1) is 6.43. The van der Waals surface area contributed by atoms with Crippen LogP contribution >= 0.6 is 0 Å². The molecule has 0 atom stereocenters. The molecule has 76 valence electrons. The number of aromatic hydroxyl groups is 1. The summed E-state index contributed by atoms with van der Waals surface area (Å²) in [5, 5.41) is 9.11. The van der Waals surface area contributed by atoms with E-state index >= 15 is 0 Å². The first-order valence-corrected chi connectivity index (χ1v) is 3.75. The van der Waals surface area contributed by atoms with Crippen molar-refractivity contribution in [2.45, 2.75) is 13.3 Å². The minimum absolute atomic E-state index is 0.299. The maximum Gasteiger partial charge on any atom is 0.266 e. The molecule has 0 aromatic heterocycles. The smallest absolute Gasteiger partial charge is 0.266 e. The summed E-state index contributed by atoms with van der Waals surface area (Å²) < 4.78 is 37.1. The summed E-state index contributed by atoms with van der Waals surface area (Å²) >= 11 is 0. The average Bonchev–Trinajstić information content (AvgIpc) is 2.07. The Labute approximate surface area is 78.0 Å². The summed E-state index contributed by atoms with van der Waals surface area (Å²) in [5.74, 6) is -2.40. The van der Waals surface area contributed by atoms with E-state index in [4.69, 9.17) is 5.11 Å². The molecule has 0 radical (unpaired) electrons. The molecule has 0 fully saturated rings. The van der Waals surface area contributed by atoms with Crippen molar-refractivity contribution in [3.05, 3.63) is 29.1 Å². The van der Waals surface area contributed by atoms with Gasteiger partial charge in [0.2, 0.25) is 0 Å². The number of phenolic OH excluding ortho intramolecular Hbond substituents is 1. The Balaban J connectivity index is 3.31. The molecule has 0 aliphatic rings. The topological polar surface area (TPSA) is 37.3 Å². The van der Waals surface area contributed by atoms with Gasteiger partial charge >= 0.3 is 0 Å². The highest BCUT2D eigenvalue weighted by molar-refractivity contribution is 5.96. The molecule has 0 unspecified atom stereocenters. The molecule has 1 N–H and O–H groups in total. The Morgan fingerprint density at radius 2 is 2.00 bits per heavy atom. The zero-order chi connectivity index (χ0) is 10.9. The molecule has 0 heterocycles. The van der Waals surface area contributed by atoms with Crippen LogP contribution in [0.2, 0.25) is 0 Å². The van der Waals surface area contributed by atoms with E-state index < -0.39 is 29.3 Å². The van der Waals surface area contributed by atoms with Gasteiger partial charge in [0.1, 0.15) is 11.6 Å². The van der Waals surface area contributed by atoms with Gasteiger partial charge in [-0.15, -0.1) is 0 Å². The Hall–Kier alpha value is -1.52. The minimum atomic E-state index is -3.01. The van der Waals surface area contributed by atoms with Crippen LogP contribution in [0.15, 0.2) is 12.1 Å². The molecule has 1 rings (SSSR count). The van der Waals surface area contributed by atoms with Gasteiger partial charge in [0.05, 0.1) is 11.1 Å². The normalized spacial score (nSPS) is 10.6. The van der Waals surface area contributed by atoms with E-state index in [-0.39, 0.29) is 5.56 Å². The third-order valence-corrected chi connectivity index (χ3v) is 1.73. The summed E-state index contributed by atoms with van der Waals surface area (Å²) in [6.07, 6.45) is -3.01. The van der Waals surface area contributed by atoms with E-state index in [1.165, 1.54) is 0 Å². The van der Waals surface area contributed by atoms with Crippen LogP contribution in [-0.2, 0) is 0 Å². The number of carbonyl (C=O) groups excluding carboxylic acids is 1. The molecular formula is C9H7F3O2. The Morgan fingerprint density at radius 3 is 2.43 bits per heavy atom. The Bertz CT molecular complexity index is 375. The molecule has 0 spiro atoms. The fourth-order valence-corrected chi connectivity index (χ4v) is 1.03. The van der Waals surface area contributed by atoms with Crippen molar-refractivity contribution in [2.24, 2.45) is 0 Å². The van der Waals surface area contributed by atoms with Gasteiger partial charge < -0.3 is 5.11 Å². The van der Waals surface area contributed by atoms with Gasteiger partial charge in [0, 0.05) is 0 Å². The van der Waals surface area contributed by atoms with Crippen LogP contribution in [0.25, 0.3) is 0 Å². The van der Waals surface area contributed by atoms with Crippen molar-refractivity contribution in [1.29, 1.82) is 0 Å². The van der Waals surface area contributed by atoms with E-state index in [0.717, 1.165) is 6.92 Å². The minimum Gasteiger partial charge on any atom is -0.507 e. The zero-order valence-electron chi connectivity index (χ0n) is 7.22. The number of phenols is 1. The number of benzene rings is 1. The van der Waals surface area contributed by atoms with Crippen LogP contribution in [-0.4, -0.2) is 10.9 Å². The largest absolute Gasteiger partial charge is 0.507 e. The molecular weight excluding hydrogens is 197 g/mol. The lowest BCUT2D eigenvalue weighted by Crippen LogP contribution is -1.98. The predicted octanol–water partition coefficient (Wildman–Crippen LogP) is 2.67. The summed E-state index contributed by atoms with van der Waals surface area (Å²) in [6, 6.07) is 1.18. The van der Waals surface area contributed by atoms with Gasteiger partial charge in [0.25, 0.3) is 6.43 Å². The fraction of sp³-hybridized carbons (Fsp3) is 0.222. The van der Waals surface area contributed by atoms with E-state index in [1.807, 2.05) is 0 Å². The van der Waals surface area contributed by atoms with Gasteiger partial charge in [-0.3, -0.25) is 4.79 Å². The number of Topliss-reactive ketones (excluding diaryl/α,β-unsaturated/α-hetero) is 1. The van der Waals surface area contributed by atoms with E-state index in [2.05, 4.69) is 0 Å². The maximum atomic E-state index is 12.9. The van der Waals surface area contributed by atoms with Crippen molar-refractivity contribution in [2.75, 3.05) is 0 Å². The quantitative estimate of drug-likeness (QED) is 0.752. The second-order valence-electron chi connectivity index (χ2n) is 2.75. The van der Waals surface area contributed by atoms with Gasteiger partial charge in [-0.2, -0.15) is 0 Å². The number of halogens is 3. The van der Waals surface area contributed by atoms with Gasteiger partial charge in [-0.05, 0) is 19.1 Å². The van der Waals surface area contributed by atoms with Crippen LogP contribution in [0, 0.1) is 5.82 Å². The Kier molecular flexibility index (Phi) is 2.78. The first kappa shape index (κ1) is 10.6. The highest BCUT2D eigenvalue weighted by Gasteiger charge is 2.18. The van der Waals surface area contributed by atoms with Gasteiger partial charge in [-0.1, -0.05) is 0 Å². The number of hydrogen-bond donors (Lipinski definition) is 1. The summed E-state index contributed by atoms with van der Waals surface area (Å²) in [5.41, 5.74) is -1.21. The lowest BCUT2D eigenvalue weighted by Gasteiger charge is -2.05. The fourth-order valence-electron chi connectivity index (χ4n) is 1.03. The van der Waals surface area contributed by atoms with E-state index in [0.29, 0.717) is 12.1 Å². The summed E-state index contributed by atoms with van der Waals surface area (Å²) in [4.78, 5) is 10.8. The molecule has 1 aromatic rings. The monoisotopic (exact) mass is 204 g/mol. The third-order valence-electron chi connectivity index (χ3n) is 1.73. The average molecular weight is 204 g/mol. The molecule has 1 aromatic carbocycles. The third kappa shape index (κ3) is 1.86. The van der Waals surface area contributed by atoms with Crippen LogP contribution in [0.4, 0.5) is 13.2 Å². The molecule has 5 heteroatoms. The molecule has 14 heavy (non-hydrogen) atoms. The predicted molar refractivity (Wildman–Crippen MR) is 43.0 cm³/mol. The second-order valence-corrected chi connectivity index (χ2v) is 2.75. The van der Waals surface area contributed by atoms with Crippen molar-refractivity contribution in [3.8, 4) is 5.75 Å².